The third-order valence-corrected chi connectivity index (χ3v) is 3.29. The summed E-state index contributed by atoms with van der Waals surface area (Å²) in [5.74, 6) is 1.44. The third-order valence-electron chi connectivity index (χ3n) is 3.29. The van der Waals surface area contributed by atoms with Crippen LogP contribution in [0.3, 0.4) is 0 Å². The van der Waals surface area contributed by atoms with Gasteiger partial charge in [0.15, 0.2) is 5.96 Å². The molecule has 1 aliphatic rings. The maximum atomic E-state index is 5.72. The fraction of sp³-hybridized carbons (Fsp3) is 0.938. The second-order valence-electron chi connectivity index (χ2n) is 5.96. The Morgan fingerprint density at radius 2 is 1.95 bits per heavy atom. The molecule has 0 aliphatic carbocycles. The van der Waals surface area contributed by atoms with Gasteiger partial charge in [0.05, 0.1) is 12.7 Å². The van der Waals surface area contributed by atoms with Crippen LogP contribution in [0, 0.1) is 5.92 Å². The summed E-state index contributed by atoms with van der Waals surface area (Å²) in [6.07, 6.45) is 3.27. The highest BCUT2D eigenvalue weighted by Gasteiger charge is 2.15. The van der Waals surface area contributed by atoms with E-state index in [-0.39, 0.29) is 0 Å². The molecule has 0 bridgehead atoms. The number of nitrogens with zero attached hydrogens (tertiary/aromatic N) is 1. The number of aliphatic imine (C=N–C) groups is 1. The van der Waals surface area contributed by atoms with E-state index in [0.29, 0.717) is 12.0 Å². The summed E-state index contributed by atoms with van der Waals surface area (Å²) in [5, 5.41) is 6.58. The van der Waals surface area contributed by atoms with Crippen molar-refractivity contribution in [3.63, 3.8) is 0 Å². The summed E-state index contributed by atoms with van der Waals surface area (Å²) in [4.78, 5) is 4.20. The Kier molecular flexibility index (Phi) is 11.1. The fourth-order valence-corrected chi connectivity index (χ4v) is 2.09. The van der Waals surface area contributed by atoms with Gasteiger partial charge in [-0.3, -0.25) is 4.99 Å². The molecule has 1 heterocycles. The molecule has 0 spiro atoms. The molecule has 130 valence electrons. The maximum absolute atomic E-state index is 5.72. The lowest BCUT2D eigenvalue weighted by molar-refractivity contribution is 0.0420. The Morgan fingerprint density at radius 3 is 2.55 bits per heavy atom. The van der Waals surface area contributed by atoms with Gasteiger partial charge in [-0.2, -0.15) is 0 Å². The van der Waals surface area contributed by atoms with E-state index in [1.54, 1.807) is 7.05 Å². The van der Waals surface area contributed by atoms with Gasteiger partial charge in [0, 0.05) is 46.6 Å². The first-order valence-electron chi connectivity index (χ1n) is 8.44. The molecule has 0 aromatic heterocycles. The van der Waals surface area contributed by atoms with E-state index in [4.69, 9.17) is 14.2 Å². The maximum Gasteiger partial charge on any atom is 0.190 e. The van der Waals surface area contributed by atoms with E-state index in [2.05, 4.69) is 29.5 Å². The number of guanidine groups is 1. The first-order chi connectivity index (χ1) is 10.7. The molecule has 2 N–H and O–H groups in total. The van der Waals surface area contributed by atoms with E-state index in [9.17, 15) is 0 Å². The highest BCUT2D eigenvalue weighted by Crippen LogP contribution is 2.07. The molecule has 1 fully saturated rings. The van der Waals surface area contributed by atoms with Crippen molar-refractivity contribution in [1.29, 1.82) is 0 Å². The molecule has 0 saturated carbocycles. The van der Waals surface area contributed by atoms with Crippen molar-refractivity contribution in [1.82, 2.24) is 10.6 Å². The molecule has 6 heteroatoms. The van der Waals surface area contributed by atoms with Gasteiger partial charge in [-0.1, -0.05) is 13.8 Å². The summed E-state index contributed by atoms with van der Waals surface area (Å²) in [6.45, 7) is 10.0. The lowest BCUT2D eigenvalue weighted by Crippen LogP contribution is -2.38. The van der Waals surface area contributed by atoms with E-state index in [1.165, 1.54) is 0 Å². The molecule has 1 rings (SSSR count). The van der Waals surface area contributed by atoms with Gasteiger partial charge in [-0.05, 0) is 25.2 Å². The summed E-state index contributed by atoms with van der Waals surface area (Å²) in [6, 6.07) is 0. The molecule has 1 aliphatic heterocycles. The lowest BCUT2D eigenvalue weighted by atomic mass is 10.2. The topological polar surface area (TPSA) is 64.1 Å². The third kappa shape index (κ3) is 9.97. The number of ether oxygens (including phenoxy) is 3. The molecule has 1 atom stereocenters. The molecule has 0 aromatic carbocycles. The second kappa shape index (κ2) is 12.7. The smallest absolute Gasteiger partial charge is 0.190 e. The van der Waals surface area contributed by atoms with Gasteiger partial charge in [-0.15, -0.1) is 0 Å². The Morgan fingerprint density at radius 1 is 1.23 bits per heavy atom. The normalized spacial score (nSPS) is 18.9. The van der Waals surface area contributed by atoms with E-state index < -0.39 is 0 Å². The second-order valence-corrected chi connectivity index (χ2v) is 5.96. The van der Waals surface area contributed by atoms with Crippen molar-refractivity contribution in [3.05, 3.63) is 0 Å². The lowest BCUT2D eigenvalue weighted by Gasteiger charge is -2.13. The average Bonchev–Trinajstić information content (AvgIpc) is 3.01. The highest BCUT2D eigenvalue weighted by atomic mass is 16.5. The van der Waals surface area contributed by atoms with Gasteiger partial charge in [0.25, 0.3) is 0 Å². The molecule has 6 nitrogen and oxygen atoms in total. The van der Waals surface area contributed by atoms with Crippen LogP contribution in [0.1, 0.15) is 33.1 Å². The fourth-order valence-electron chi connectivity index (χ4n) is 2.09. The van der Waals surface area contributed by atoms with Crippen LogP contribution in [-0.2, 0) is 14.2 Å². The van der Waals surface area contributed by atoms with Crippen LogP contribution in [0.2, 0.25) is 0 Å². The van der Waals surface area contributed by atoms with Crippen molar-refractivity contribution in [3.8, 4) is 0 Å². The zero-order valence-corrected chi connectivity index (χ0v) is 14.4. The Labute approximate surface area is 135 Å². The summed E-state index contributed by atoms with van der Waals surface area (Å²) in [5.41, 5.74) is 0. The standard InChI is InChI=1S/C16H33N3O3/c1-14(2)12-20-9-4-7-18-16(17-3)19-8-5-10-22-15-6-11-21-13-15/h14-15H,4-13H2,1-3H3,(H2,17,18,19). The van der Waals surface area contributed by atoms with E-state index >= 15 is 0 Å². The summed E-state index contributed by atoms with van der Waals surface area (Å²) >= 11 is 0. The van der Waals surface area contributed by atoms with Crippen molar-refractivity contribution >= 4 is 5.96 Å². The summed E-state index contributed by atoms with van der Waals surface area (Å²) < 4.78 is 16.5. The molecule has 1 saturated heterocycles. The Bertz CT molecular complexity index is 292. The first kappa shape index (κ1) is 19.2. The van der Waals surface area contributed by atoms with Crippen LogP contribution in [0.5, 0.6) is 0 Å². The van der Waals surface area contributed by atoms with Crippen molar-refractivity contribution in [2.75, 3.05) is 53.2 Å². The minimum atomic E-state index is 0.295. The quantitative estimate of drug-likeness (QED) is 0.343. The molecule has 0 aromatic rings. The summed E-state index contributed by atoms with van der Waals surface area (Å²) in [7, 11) is 1.79. The first-order valence-corrected chi connectivity index (χ1v) is 8.44. The predicted octanol–water partition coefficient (Wildman–Crippen LogP) is 1.41. The Hall–Kier alpha value is -0.850. The van der Waals surface area contributed by atoms with Crippen molar-refractivity contribution in [2.24, 2.45) is 10.9 Å². The zero-order valence-electron chi connectivity index (χ0n) is 14.4. The predicted molar refractivity (Wildman–Crippen MR) is 89.4 cm³/mol. The molecule has 0 radical (unpaired) electrons. The van der Waals surface area contributed by atoms with Crippen LogP contribution in [0.4, 0.5) is 0 Å². The van der Waals surface area contributed by atoms with Gasteiger partial charge in [-0.25, -0.2) is 0 Å². The van der Waals surface area contributed by atoms with E-state index in [1.807, 2.05) is 0 Å². The van der Waals surface area contributed by atoms with Crippen LogP contribution in [0.15, 0.2) is 4.99 Å². The van der Waals surface area contributed by atoms with Gasteiger partial charge in [0.2, 0.25) is 0 Å². The van der Waals surface area contributed by atoms with Crippen LogP contribution >= 0.6 is 0 Å². The average molecular weight is 315 g/mol. The SMILES string of the molecule is CN=C(NCCCOCC(C)C)NCCCOC1CCOC1. The van der Waals surface area contributed by atoms with Crippen molar-refractivity contribution < 1.29 is 14.2 Å². The Balaban J connectivity index is 1.91. The minimum absolute atomic E-state index is 0.295. The number of hydrogen-bond donors (Lipinski definition) is 2. The molecular formula is C16H33N3O3. The highest BCUT2D eigenvalue weighted by molar-refractivity contribution is 5.79. The number of rotatable bonds is 11. The van der Waals surface area contributed by atoms with E-state index in [0.717, 1.165) is 71.3 Å². The van der Waals surface area contributed by atoms with Crippen LogP contribution in [-0.4, -0.2) is 65.2 Å². The molecule has 22 heavy (non-hydrogen) atoms. The van der Waals surface area contributed by atoms with Crippen molar-refractivity contribution in [2.45, 2.75) is 39.2 Å². The molecule has 0 amide bonds. The monoisotopic (exact) mass is 315 g/mol. The number of hydrogen-bond acceptors (Lipinski definition) is 4. The zero-order chi connectivity index (χ0) is 16.0. The number of nitrogens with one attached hydrogen (secondary N) is 2. The van der Waals surface area contributed by atoms with Gasteiger partial charge in [0.1, 0.15) is 0 Å². The largest absolute Gasteiger partial charge is 0.381 e. The minimum Gasteiger partial charge on any atom is -0.381 e. The molecule has 1 unspecified atom stereocenters. The van der Waals surface area contributed by atoms with Crippen LogP contribution in [0.25, 0.3) is 0 Å². The molecular weight excluding hydrogens is 282 g/mol. The van der Waals surface area contributed by atoms with Gasteiger partial charge >= 0.3 is 0 Å². The van der Waals surface area contributed by atoms with Gasteiger partial charge < -0.3 is 24.8 Å². The van der Waals surface area contributed by atoms with Crippen LogP contribution < -0.4 is 10.6 Å².